The summed E-state index contributed by atoms with van der Waals surface area (Å²) in [6.07, 6.45) is -4.00. The Labute approximate surface area is 191 Å². The van der Waals surface area contributed by atoms with Gasteiger partial charge in [0.2, 0.25) is 5.91 Å². The number of thiazole rings is 1. The van der Waals surface area contributed by atoms with E-state index in [1.165, 1.54) is 30.2 Å². The summed E-state index contributed by atoms with van der Waals surface area (Å²) in [5, 5.41) is 11.6. The molecule has 1 aromatic carbocycles. The lowest BCUT2D eigenvalue weighted by atomic mass is 10.1. The van der Waals surface area contributed by atoms with Gasteiger partial charge in [-0.3, -0.25) is 18.7 Å². The molecule has 0 saturated heterocycles. The molecule has 176 valence electrons. The summed E-state index contributed by atoms with van der Waals surface area (Å²) in [6.45, 7) is 0. The molecule has 34 heavy (non-hydrogen) atoms. The molecule has 4 aromatic rings. The number of amides is 1. The van der Waals surface area contributed by atoms with Crippen molar-refractivity contribution in [3.8, 4) is 11.3 Å². The Morgan fingerprint density at radius 3 is 2.62 bits per heavy atom. The van der Waals surface area contributed by atoms with Crippen LogP contribution in [0.4, 0.5) is 22.7 Å². The summed E-state index contributed by atoms with van der Waals surface area (Å²) in [5.74, 6) is -2.02. The van der Waals surface area contributed by atoms with E-state index in [4.69, 9.17) is 0 Å². The number of hydrogen-bond donors (Lipinski definition) is 1. The van der Waals surface area contributed by atoms with Crippen molar-refractivity contribution in [2.75, 3.05) is 5.32 Å². The van der Waals surface area contributed by atoms with Gasteiger partial charge in [0.1, 0.15) is 5.82 Å². The summed E-state index contributed by atoms with van der Waals surface area (Å²) >= 11 is 0.949. The van der Waals surface area contributed by atoms with E-state index in [9.17, 15) is 31.9 Å². The fourth-order valence-electron chi connectivity index (χ4n) is 3.29. The minimum absolute atomic E-state index is 0.0230. The third-order valence-corrected chi connectivity index (χ3v) is 5.76. The van der Waals surface area contributed by atoms with E-state index in [1.54, 1.807) is 0 Å². The number of alkyl halides is 3. The van der Waals surface area contributed by atoms with Gasteiger partial charge in [0, 0.05) is 25.0 Å². The minimum Gasteiger partial charge on any atom is -0.302 e. The standard InChI is InChI=1S/C20H14F4N6O3S/c1-29-14-7-25-28-12(16(14)17(32)30(2)19(29)33)6-15(31)27-18-26-13(8-34-18)9-3-4-11(21)10(5-9)20(22,23)24/h3-5,7-8H,6H2,1-2H3,(H,26,27,31). The van der Waals surface area contributed by atoms with Crippen molar-refractivity contribution in [1.82, 2.24) is 24.3 Å². The second-order valence-corrected chi connectivity index (χ2v) is 8.07. The highest BCUT2D eigenvalue weighted by atomic mass is 32.1. The number of aromatic nitrogens is 5. The summed E-state index contributed by atoms with van der Waals surface area (Å²) in [6, 6.07) is 2.49. The fraction of sp³-hybridized carbons (Fsp3) is 0.200. The molecular weight excluding hydrogens is 480 g/mol. The molecule has 0 unspecified atom stereocenters. The Hall–Kier alpha value is -3.94. The first-order chi connectivity index (χ1) is 16.0. The lowest BCUT2D eigenvalue weighted by molar-refractivity contribution is -0.140. The molecule has 0 atom stereocenters. The van der Waals surface area contributed by atoms with Crippen molar-refractivity contribution in [1.29, 1.82) is 0 Å². The zero-order valence-electron chi connectivity index (χ0n) is 17.5. The Morgan fingerprint density at radius 1 is 1.18 bits per heavy atom. The first-order valence-corrected chi connectivity index (χ1v) is 10.4. The van der Waals surface area contributed by atoms with E-state index in [2.05, 4.69) is 20.5 Å². The van der Waals surface area contributed by atoms with Crippen LogP contribution in [0.3, 0.4) is 0 Å². The van der Waals surface area contributed by atoms with Gasteiger partial charge in [-0.2, -0.15) is 23.4 Å². The van der Waals surface area contributed by atoms with Crippen molar-refractivity contribution in [3.05, 3.63) is 67.7 Å². The number of carbonyl (C=O) groups excluding carboxylic acids is 1. The molecule has 0 spiro atoms. The SMILES string of the molecule is Cn1c(=O)c2c(CC(=O)Nc3nc(-c4ccc(F)c(C(F)(F)F)c4)cs3)nncc2n(C)c1=O. The number of halogens is 4. The van der Waals surface area contributed by atoms with Gasteiger partial charge >= 0.3 is 11.9 Å². The number of rotatable bonds is 4. The number of benzene rings is 1. The lowest BCUT2D eigenvalue weighted by Crippen LogP contribution is -2.37. The summed E-state index contributed by atoms with van der Waals surface area (Å²) in [5.41, 5.74) is -2.24. The molecule has 0 fully saturated rings. The smallest absolute Gasteiger partial charge is 0.302 e. The number of anilines is 1. The maximum Gasteiger partial charge on any atom is 0.419 e. The summed E-state index contributed by atoms with van der Waals surface area (Å²) in [4.78, 5) is 41.3. The largest absolute Gasteiger partial charge is 0.419 e. The second-order valence-electron chi connectivity index (χ2n) is 7.21. The van der Waals surface area contributed by atoms with E-state index >= 15 is 0 Å². The van der Waals surface area contributed by atoms with E-state index in [0.717, 1.165) is 22.0 Å². The fourth-order valence-corrected chi connectivity index (χ4v) is 4.03. The Balaban J connectivity index is 1.59. The van der Waals surface area contributed by atoms with Gasteiger partial charge in [-0.15, -0.1) is 11.3 Å². The van der Waals surface area contributed by atoms with Crippen LogP contribution in [-0.2, 0) is 31.5 Å². The number of aryl methyl sites for hydroxylation is 1. The third kappa shape index (κ3) is 4.19. The Kier molecular flexibility index (Phi) is 5.77. The van der Waals surface area contributed by atoms with Crippen molar-refractivity contribution in [2.24, 2.45) is 14.1 Å². The van der Waals surface area contributed by atoms with Crippen LogP contribution >= 0.6 is 11.3 Å². The average Bonchev–Trinajstić information content (AvgIpc) is 3.23. The first kappa shape index (κ1) is 23.2. The molecule has 1 amide bonds. The van der Waals surface area contributed by atoms with Crippen molar-refractivity contribution in [2.45, 2.75) is 12.6 Å². The highest BCUT2D eigenvalue weighted by Gasteiger charge is 2.34. The lowest BCUT2D eigenvalue weighted by Gasteiger charge is -2.09. The molecule has 0 radical (unpaired) electrons. The number of carbonyl (C=O) groups is 1. The summed E-state index contributed by atoms with van der Waals surface area (Å²) in [7, 11) is 2.75. The highest BCUT2D eigenvalue weighted by Crippen LogP contribution is 2.35. The van der Waals surface area contributed by atoms with Crippen LogP contribution in [0.15, 0.2) is 39.4 Å². The van der Waals surface area contributed by atoms with Gasteiger partial charge in [0.05, 0.1) is 40.5 Å². The van der Waals surface area contributed by atoms with Crippen molar-refractivity contribution in [3.63, 3.8) is 0 Å². The molecule has 0 bridgehead atoms. The van der Waals surface area contributed by atoms with Crippen LogP contribution in [0, 0.1) is 5.82 Å². The highest BCUT2D eigenvalue weighted by molar-refractivity contribution is 7.14. The van der Waals surface area contributed by atoms with Gasteiger partial charge in [0.25, 0.3) is 5.56 Å². The van der Waals surface area contributed by atoms with Crippen LogP contribution in [0.2, 0.25) is 0 Å². The Bertz CT molecular complexity index is 1560. The predicted molar refractivity (Wildman–Crippen MR) is 115 cm³/mol. The average molecular weight is 494 g/mol. The van der Waals surface area contributed by atoms with Gasteiger partial charge in [-0.25, -0.2) is 14.2 Å². The molecule has 3 aromatic heterocycles. The zero-order chi connectivity index (χ0) is 24.8. The normalized spacial score (nSPS) is 11.7. The molecule has 0 aliphatic carbocycles. The van der Waals surface area contributed by atoms with E-state index in [0.29, 0.717) is 12.1 Å². The van der Waals surface area contributed by atoms with Crippen LogP contribution in [0.1, 0.15) is 11.3 Å². The minimum atomic E-state index is -4.87. The molecule has 4 rings (SSSR count). The van der Waals surface area contributed by atoms with E-state index in [1.807, 2.05) is 0 Å². The predicted octanol–water partition coefficient (Wildman–Crippen LogP) is 2.49. The third-order valence-electron chi connectivity index (χ3n) is 5.00. The molecule has 9 nitrogen and oxygen atoms in total. The van der Waals surface area contributed by atoms with E-state index in [-0.39, 0.29) is 39.4 Å². The maximum atomic E-state index is 13.5. The van der Waals surface area contributed by atoms with Crippen LogP contribution in [0.5, 0.6) is 0 Å². The number of fused-ring (bicyclic) bond motifs is 1. The van der Waals surface area contributed by atoms with Crippen molar-refractivity contribution >= 4 is 33.3 Å². The molecular formula is C20H14F4N6O3S. The Morgan fingerprint density at radius 2 is 1.91 bits per heavy atom. The number of hydrogen-bond acceptors (Lipinski definition) is 7. The van der Waals surface area contributed by atoms with Gasteiger partial charge in [-0.1, -0.05) is 0 Å². The van der Waals surface area contributed by atoms with Gasteiger partial charge < -0.3 is 5.32 Å². The van der Waals surface area contributed by atoms with Crippen LogP contribution < -0.4 is 16.6 Å². The zero-order valence-corrected chi connectivity index (χ0v) is 18.3. The van der Waals surface area contributed by atoms with Crippen LogP contribution in [0.25, 0.3) is 22.2 Å². The van der Waals surface area contributed by atoms with Gasteiger partial charge in [-0.05, 0) is 18.2 Å². The number of nitrogens with zero attached hydrogens (tertiary/aromatic N) is 5. The monoisotopic (exact) mass is 494 g/mol. The molecule has 0 aliphatic rings. The quantitative estimate of drug-likeness (QED) is 0.437. The summed E-state index contributed by atoms with van der Waals surface area (Å²) < 4.78 is 54.5. The van der Waals surface area contributed by atoms with Crippen LogP contribution in [-0.4, -0.2) is 30.2 Å². The maximum absolute atomic E-state index is 13.5. The topological polar surface area (TPSA) is 112 Å². The molecule has 0 saturated carbocycles. The van der Waals surface area contributed by atoms with Gasteiger partial charge in [0.15, 0.2) is 5.13 Å². The molecule has 0 aliphatic heterocycles. The first-order valence-electron chi connectivity index (χ1n) is 9.50. The van der Waals surface area contributed by atoms with Crippen molar-refractivity contribution < 1.29 is 22.4 Å². The molecule has 1 N–H and O–H groups in total. The molecule has 14 heteroatoms. The molecule has 3 heterocycles. The second kappa shape index (κ2) is 8.44. The number of nitrogens with one attached hydrogen (secondary N) is 1. The van der Waals surface area contributed by atoms with E-state index < -0.39 is 34.7 Å².